The van der Waals surface area contributed by atoms with Gasteiger partial charge in [0.1, 0.15) is 0 Å². The second kappa shape index (κ2) is 7.23. The van der Waals surface area contributed by atoms with E-state index in [1.165, 1.54) is 24.5 Å². The van der Waals surface area contributed by atoms with E-state index in [-0.39, 0.29) is 5.56 Å². The Bertz CT molecular complexity index is 907. The van der Waals surface area contributed by atoms with E-state index in [4.69, 9.17) is 0 Å². The van der Waals surface area contributed by atoms with E-state index in [1.54, 1.807) is 19.1 Å². The van der Waals surface area contributed by atoms with Gasteiger partial charge < -0.3 is 0 Å². The molecule has 0 aliphatic rings. The summed E-state index contributed by atoms with van der Waals surface area (Å²) >= 11 is 0. The summed E-state index contributed by atoms with van der Waals surface area (Å²) in [5.74, 6) is -6.37. The maximum atomic E-state index is 14.6. The molecule has 0 unspecified atom stereocenters. The van der Waals surface area contributed by atoms with Crippen LogP contribution in [0.5, 0.6) is 0 Å². The molecule has 0 atom stereocenters. The van der Waals surface area contributed by atoms with Crippen LogP contribution < -0.4 is 0 Å². The summed E-state index contributed by atoms with van der Waals surface area (Å²) in [5.41, 5.74) is 0.0428. The molecule has 0 saturated heterocycles. The first-order valence-electron chi connectivity index (χ1n) is 8.18. The van der Waals surface area contributed by atoms with Crippen LogP contribution in [0.3, 0.4) is 0 Å². The van der Waals surface area contributed by atoms with Crippen LogP contribution >= 0.6 is 0 Å². The fourth-order valence-electron chi connectivity index (χ4n) is 2.73. The molecule has 0 radical (unpaired) electrons. The Morgan fingerprint density at radius 1 is 0.769 bits per heavy atom. The summed E-state index contributed by atoms with van der Waals surface area (Å²) in [5, 5.41) is 0. The van der Waals surface area contributed by atoms with Crippen molar-refractivity contribution in [2.24, 2.45) is 0 Å². The Morgan fingerprint density at radius 3 is 1.77 bits per heavy atom. The summed E-state index contributed by atoms with van der Waals surface area (Å²) in [6.45, 7) is 3.69. The van der Waals surface area contributed by atoms with Crippen molar-refractivity contribution in [1.82, 2.24) is 9.97 Å². The number of hydrogen-bond acceptors (Lipinski definition) is 2. The highest BCUT2D eigenvalue weighted by atomic mass is 19.2. The van der Waals surface area contributed by atoms with Crippen molar-refractivity contribution in [3.63, 3.8) is 0 Å². The molecule has 6 heteroatoms. The normalized spacial score (nSPS) is 11.0. The molecule has 0 saturated carbocycles. The van der Waals surface area contributed by atoms with Crippen molar-refractivity contribution >= 4 is 0 Å². The minimum absolute atomic E-state index is 0.0639. The first kappa shape index (κ1) is 18.0. The molecule has 0 bridgehead atoms. The van der Waals surface area contributed by atoms with Gasteiger partial charge >= 0.3 is 0 Å². The number of hydrogen-bond donors (Lipinski definition) is 0. The molecule has 3 rings (SSSR count). The zero-order valence-electron chi connectivity index (χ0n) is 14.3. The average Bonchev–Trinajstić information content (AvgIpc) is 2.64. The topological polar surface area (TPSA) is 25.8 Å². The molecule has 0 aliphatic heterocycles. The van der Waals surface area contributed by atoms with Crippen LogP contribution in [0.1, 0.15) is 24.5 Å². The lowest BCUT2D eigenvalue weighted by Gasteiger charge is -2.12. The largest absolute Gasteiger partial charge is 0.236 e. The smallest absolute Gasteiger partial charge is 0.173 e. The molecule has 0 N–H and O–H groups in total. The van der Waals surface area contributed by atoms with Gasteiger partial charge in [0.05, 0.1) is 11.1 Å². The molecule has 3 aromatic rings. The van der Waals surface area contributed by atoms with E-state index in [0.29, 0.717) is 5.56 Å². The van der Waals surface area contributed by atoms with Gasteiger partial charge in [-0.15, -0.1) is 0 Å². The number of aryl methyl sites for hydroxylation is 2. The van der Waals surface area contributed by atoms with Crippen LogP contribution in [0.25, 0.3) is 22.5 Å². The molecule has 1 heterocycles. The SMILES string of the molecule is CCCc1ccc(-c2c(F)c(F)c(-c3ncc(C)cn3)c(F)c2F)cc1. The van der Waals surface area contributed by atoms with Crippen molar-refractivity contribution in [3.05, 3.63) is 71.1 Å². The lowest BCUT2D eigenvalue weighted by Crippen LogP contribution is -2.05. The first-order valence-corrected chi connectivity index (χ1v) is 8.18. The standard InChI is InChI=1S/C20H16F4N2/c1-3-4-12-5-7-13(8-6-12)14-16(21)18(23)15(19(24)17(14)22)20-25-9-11(2)10-26-20/h5-10H,3-4H2,1-2H3. The summed E-state index contributed by atoms with van der Waals surface area (Å²) < 4.78 is 58.2. The predicted octanol–water partition coefficient (Wildman–Crippen LogP) is 5.63. The third kappa shape index (κ3) is 3.19. The highest BCUT2D eigenvalue weighted by Gasteiger charge is 2.28. The molecule has 134 valence electrons. The van der Waals surface area contributed by atoms with E-state index in [9.17, 15) is 17.6 Å². The van der Waals surface area contributed by atoms with Gasteiger partial charge in [0.2, 0.25) is 0 Å². The maximum Gasteiger partial charge on any atom is 0.173 e. The number of aromatic nitrogens is 2. The van der Waals surface area contributed by atoms with E-state index < -0.39 is 40.2 Å². The van der Waals surface area contributed by atoms with Crippen LogP contribution in [-0.4, -0.2) is 9.97 Å². The van der Waals surface area contributed by atoms with Gasteiger partial charge in [-0.1, -0.05) is 37.6 Å². The van der Waals surface area contributed by atoms with E-state index in [0.717, 1.165) is 18.4 Å². The fraction of sp³-hybridized carbons (Fsp3) is 0.200. The average molecular weight is 360 g/mol. The molecule has 2 nitrogen and oxygen atoms in total. The molecule has 0 aliphatic carbocycles. The molecule has 2 aromatic carbocycles. The van der Waals surface area contributed by atoms with Gasteiger partial charge in [-0.25, -0.2) is 27.5 Å². The van der Waals surface area contributed by atoms with Crippen molar-refractivity contribution in [2.75, 3.05) is 0 Å². The Balaban J connectivity index is 2.15. The van der Waals surface area contributed by atoms with Crippen molar-refractivity contribution in [2.45, 2.75) is 26.7 Å². The maximum absolute atomic E-state index is 14.6. The quantitative estimate of drug-likeness (QED) is 0.445. The van der Waals surface area contributed by atoms with E-state index in [1.807, 2.05) is 6.92 Å². The number of rotatable bonds is 4. The Morgan fingerprint density at radius 2 is 1.27 bits per heavy atom. The Labute approximate surface area is 148 Å². The Hall–Kier alpha value is -2.76. The fourth-order valence-corrected chi connectivity index (χ4v) is 2.73. The van der Waals surface area contributed by atoms with Crippen molar-refractivity contribution in [1.29, 1.82) is 0 Å². The van der Waals surface area contributed by atoms with Gasteiger partial charge in [-0.2, -0.15) is 0 Å². The third-order valence-corrected chi connectivity index (χ3v) is 4.05. The predicted molar refractivity (Wildman–Crippen MR) is 91.5 cm³/mol. The molecule has 0 spiro atoms. The van der Waals surface area contributed by atoms with Crippen LogP contribution in [0.15, 0.2) is 36.7 Å². The lowest BCUT2D eigenvalue weighted by molar-refractivity contribution is 0.462. The van der Waals surface area contributed by atoms with E-state index >= 15 is 0 Å². The number of benzene rings is 2. The molecule has 26 heavy (non-hydrogen) atoms. The highest BCUT2D eigenvalue weighted by Crippen LogP contribution is 2.35. The van der Waals surface area contributed by atoms with E-state index in [2.05, 4.69) is 9.97 Å². The minimum atomic E-state index is -1.51. The van der Waals surface area contributed by atoms with Crippen molar-refractivity contribution in [3.8, 4) is 22.5 Å². The van der Waals surface area contributed by atoms with Gasteiger partial charge in [0.25, 0.3) is 0 Å². The number of halogens is 4. The summed E-state index contributed by atoms with van der Waals surface area (Å²) in [6, 6.07) is 6.27. The number of nitrogens with zero attached hydrogens (tertiary/aromatic N) is 2. The van der Waals surface area contributed by atoms with Crippen LogP contribution in [0.2, 0.25) is 0 Å². The van der Waals surface area contributed by atoms with Gasteiger partial charge in [0, 0.05) is 12.4 Å². The summed E-state index contributed by atoms with van der Waals surface area (Å²) in [4.78, 5) is 7.52. The van der Waals surface area contributed by atoms with Crippen LogP contribution in [-0.2, 0) is 6.42 Å². The van der Waals surface area contributed by atoms with Gasteiger partial charge in [-0.05, 0) is 30.0 Å². The van der Waals surface area contributed by atoms with Crippen molar-refractivity contribution < 1.29 is 17.6 Å². The van der Waals surface area contributed by atoms with Crippen LogP contribution in [0, 0.1) is 30.2 Å². The second-order valence-electron chi connectivity index (χ2n) is 6.04. The third-order valence-electron chi connectivity index (χ3n) is 4.05. The monoisotopic (exact) mass is 360 g/mol. The summed E-state index contributed by atoms with van der Waals surface area (Å²) in [7, 11) is 0. The molecule has 1 aromatic heterocycles. The lowest BCUT2D eigenvalue weighted by atomic mass is 9.98. The highest BCUT2D eigenvalue weighted by molar-refractivity contribution is 5.70. The van der Waals surface area contributed by atoms with Gasteiger partial charge in [-0.3, -0.25) is 0 Å². The zero-order valence-corrected chi connectivity index (χ0v) is 14.3. The molecule has 0 amide bonds. The second-order valence-corrected chi connectivity index (χ2v) is 6.04. The summed E-state index contributed by atoms with van der Waals surface area (Å²) in [6.07, 6.45) is 4.35. The Kier molecular flexibility index (Phi) is 5.02. The molecular weight excluding hydrogens is 344 g/mol. The minimum Gasteiger partial charge on any atom is -0.236 e. The van der Waals surface area contributed by atoms with Gasteiger partial charge in [0.15, 0.2) is 29.1 Å². The first-order chi connectivity index (χ1) is 12.4. The van der Waals surface area contributed by atoms with Crippen LogP contribution in [0.4, 0.5) is 17.6 Å². The molecular formula is C20H16F4N2. The molecule has 0 fully saturated rings. The zero-order chi connectivity index (χ0) is 18.8.